The molecule has 1 aliphatic carbocycles. The molecule has 0 radical (unpaired) electrons. The van der Waals surface area contributed by atoms with E-state index in [1.165, 1.54) is 11.8 Å². The van der Waals surface area contributed by atoms with Crippen LogP contribution in [-0.2, 0) is 9.47 Å². The molecule has 0 aromatic carbocycles. The lowest BCUT2D eigenvalue weighted by Crippen LogP contribution is -2.35. The van der Waals surface area contributed by atoms with Crippen LogP contribution in [-0.4, -0.2) is 60.9 Å². The Labute approximate surface area is 214 Å². The minimum absolute atomic E-state index is 0.0188. The Morgan fingerprint density at radius 1 is 1.17 bits per heavy atom. The van der Waals surface area contributed by atoms with Gasteiger partial charge in [0.2, 0.25) is 0 Å². The van der Waals surface area contributed by atoms with Crippen LogP contribution >= 0.6 is 23.1 Å². The molecular formula is C25H33N5O3S2. The molecule has 3 aromatic rings. The van der Waals surface area contributed by atoms with E-state index in [0.29, 0.717) is 11.6 Å². The summed E-state index contributed by atoms with van der Waals surface area (Å²) in [6.07, 6.45) is 5.03. The Hall–Kier alpha value is -1.85. The van der Waals surface area contributed by atoms with E-state index in [2.05, 4.69) is 10.3 Å². The van der Waals surface area contributed by atoms with Gasteiger partial charge in [0.25, 0.3) is 0 Å². The van der Waals surface area contributed by atoms with Crippen molar-refractivity contribution in [3.05, 3.63) is 23.7 Å². The molecule has 2 aliphatic rings. The minimum Gasteiger partial charge on any atom is -0.390 e. The normalized spacial score (nSPS) is 25.8. The van der Waals surface area contributed by atoms with Crippen LogP contribution < -0.4 is 5.32 Å². The molecule has 4 heterocycles. The molecule has 35 heavy (non-hydrogen) atoms. The third-order valence-electron chi connectivity index (χ3n) is 6.62. The monoisotopic (exact) mass is 515 g/mol. The van der Waals surface area contributed by atoms with E-state index in [9.17, 15) is 5.11 Å². The van der Waals surface area contributed by atoms with E-state index in [1.54, 1.807) is 11.3 Å². The Morgan fingerprint density at radius 3 is 2.60 bits per heavy atom. The number of anilines is 1. The summed E-state index contributed by atoms with van der Waals surface area (Å²) in [6, 6.07) is 1.98. The molecule has 0 bridgehead atoms. The van der Waals surface area contributed by atoms with E-state index in [-0.39, 0.29) is 24.2 Å². The van der Waals surface area contributed by atoms with Gasteiger partial charge in [-0.15, -0.1) is 11.3 Å². The average Bonchev–Trinajstić information content (AvgIpc) is 3.40. The fourth-order valence-electron chi connectivity index (χ4n) is 5.33. The molecule has 188 valence electrons. The molecule has 2 fully saturated rings. The summed E-state index contributed by atoms with van der Waals surface area (Å²) in [5, 5.41) is 15.8. The number of nitrogens with one attached hydrogen (secondary N) is 1. The zero-order valence-electron chi connectivity index (χ0n) is 21.2. The zero-order valence-corrected chi connectivity index (χ0v) is 22.9. The van der Waals surface area contributed by atoms with Crippen LogP contribution in [0.1, 0.15) is 51.9 Å². The first kappa shape index (κ1) is 24.8. The van der Waals surface area contributed by atoms with Gasteiger partial charge in [0, 0.05) is 6.20 Å². The number of aliphatic hydroxyl groups is 1. The molecule has 1 unspecified atom stereocenters. The molecule has 10 heteroatoms. The van der Waals surface area contributed by atoms with Crippen molar-refractivity contribution in [2.24, 2.45) is 5.92 Å². The van der Waals surface area contributed by atoms with Crippen molar-refractivity contribution in [3.8, 4) is 10.6 Å². The van der Waals surface area contributed by atoms with Crippen LogP contribution in [0.2, 0.25) is 0 Å². The molecule has 0 amide bonds. The second kappa shape index (κ2) is 8.92. The quantitative estimate of drug-likeness (QED) is 0.348. The van der Waals surface area contributed by atoms with Gasteiger partial charge in [0.05, 0.1) is 39.4 Å². The summed E-state index contributed by atoms with van der Waals surface area (Å²) in [5.74, 6) is 0.259. The topological polar surface area (TPSA) is 102 Å². The second-order valence-electron chi connectivity index (χ2n) is 10.6. The summed E-state index contributed by atoms with van der Waals surface area (Å²) in [5.41, 5.74) is 2.82. The first-order valence-electron chi connectivity index (χ1n) is 11.9. The van der Waals surface area contributed by atoms with Gasteiger partial charge in [0.15, 0.2) is 10.9 Å². The van der Waals surface area contributed by atoms with Gasteiger partial charge in [-0.05, 0) is 72.6 Å². The molecule has 1 saturated heterocycles. The Kier molecular flexibility index (Phi) is 6.32. The highest BCUT2D eigenvalue weighted by atomic mass is 32.2. The minimum atomic E-state index is -0.782. The molecule has 0 spiro atoms. The fourth-order valence-corrected chi connectivity index (χ4v) is 6.85. The number of rotatable bonds is 6. The predicted molar refractivity (Wildman–Crippen MR) is 140 cm³/mol. The number of pyridine rings is 1. The number of thioether (sulfide) groups is 1. The van der Waals surface area contributed by atoms with Gasteiger partial charge in [-0.25, -0.2) is 15.0 Å². The molecule has 3 aromatic heterocycles. The Balaban J connectivity index is 1.54. The summed E-state index contributed by atoms with van der Waals surface area (Å²) in [4.78, 5) is 18.9. The summed E-state index contributed by atoms with van der Waals surface area (Å²) < 4.78 is 13.8. The number of hydrogen-bond donors (Lipinski definition) is 2. The zero-order chi connectivity index (χ0) is 25.1. The number of thiazole rings is 1. The Morgan fingerprint density at radius 2 is 1.91 bits per heavy atom. The van der Waals surface area contributed by atoms with Crippen LogP contribution in [0.3, 0.4) is 0 Å². The maximum atomic E-state index is 10.5. The highest BCUT2D eigenvalue weighted by molar-refractivity contribution is 7.98. The van der Waals surface area contributed by atoms with Gasteiger partial charge in [-0.1, -0.05) is 11.8 Å². The smallest absolute Gasteiger partial charge is 0.189 e. The lowest BCUT2D eigenvalue weighted by Gasteiger charge is -2.27. The van der Waals surface area contributed by atoms with Crippen LogP contribution in [0.4, 0.5) is 5.82 Å². The van der Waals surface area contributed by atoms with E-state index in [1.807, 2.05) is 60.1 Å². The molecule has 1 saturated carbocycles. The lowest BCUT2D eigenvalue weighted by molar-refractivity contribution is -0.159. The SMILES string of the molecule is CSc1nc(C)c(-c2nc3c(C)nccc3s2)c(NC2C[C@H](CC(C)(C)O)[C@H]3OC(C)(C)O[C@@H]23)n1. The number of aryl methyl sites for hydroxylation is 2. The molecule has 4 atom stereocenters. The average molecular weight is 516 g/mol. The van der Waals surface area contributed by atoms with Crippen molar-refractivity contribution in [3.63, 3.8) is 0 Å². The third-order valence-corrected chi connectivity index (χ3v) is 8.21. The van der Waals surface area contributed by atoms with E-state index < -0.39 is 11.4 Å². The number of ether oxygens (including phenoxy) is 2. The maximum absolute atomic E-state index is 10.5. The van der Waals surface area contributed by atoms with Crippen molar-refractivity contribution < 1.29 is 14.6 Å². The highest BCUT2D eigenvalue weighted by Crippen LogP contribution is 2.46. The first-order valence-corrected chi connectivity index (χ1v) is 14.0. The standard InChI is InChI=1S/C25H33N5O3S2/c1-12-17(22-29-18-13(2)26-9-8-16(18)35-22)21(30-23(27-12)34-7)28-15-10-14(11-24(3,4)31)19-20(15)33-25(5,6)32-19/h8-9,14-15,19-20,31H,10-11H2,1-7H3,(H,27,28,30)/t14-,15?,19-,20+/m1/s1. The van der Waals surface area contributed by atoms with Crippen molar-refractivity contribution in [2.45, 2.75) is 89.2 Å². The second-order valence-corrected chi connectivity index (χ2v) is 12.4. The van der Waals surface area contributed by atoms with Gasteiger partial charge in [-0.3, -0.25) is 4.98 Å². The Bertz CT molecular complexity index is 1260. The van der Waals surface area contributed by atoms with Crippen LogP contribution in [0, 0.1) is 19.8 Å². The van der Waals surface area contributed by atoms with Gasteiger partial charge in [-0.2, -0.15) is 0 Å². The van der Waals surface area contributed by atoms with Crippen LogP contribution in [0.5, 0.6) is 0 Å². The summed E-state index contributed by atoms with van der Waals surface area (Å²) in [7, 11) is 0. The van der Waals surface area contributed by atoms with Crippen molar-refractivity contribution in [1.29, 1.82) is 0 Å². The lowest BCUT2D eigenvalue weighted by atomic mass is 9.90. The number of hydrogen-bond acceptors (Lipinski definition) is 10. The number of nitrogens with zero attached hydrogens (tertiary/aromatic N) is 4. The largest absolute Gasteiger partial charge is 0.390 e. The van der Waals surface area contributed by atoms with Crippen molar-refractivity contribution in [2.75, 3.05) is 11.6 Å². The number of aromatic nitrogens is 4. The number of fused-ring (bicyclic) bond motifs is 2. The third kappa shape index (κ3) is 4.91. The van der Waals surface area contributed by atoms with E-state index >= 15 is 0 Å². The molecule has 5 rings (SSSR count). The predicted octanol–water partition coefficient (Wildman–Crippen LogP) is 4.97. The van der Waals surface area contributed by atoms with E-state index in [4.69, 9.17) is 24.4 Å². The molecule has 8 nitrogen and oxygen atoms in total. The molecular weight excluding hydrogens is 482 g/mol. The van der Waals surface area contributed by atoms with Crippen LogP contribution in [0.15, 0.2) is 17.4 Å². The van der Waals surface area contributed by atoms with Crippen molar-refractivity contribution in [1.82, 2.24) is 19.9 Å². The maximum Gasteiger partial charge on any atom is 0.189 e. The summed E-state index contributed by atoms with van der Waals surface area (Å²) in [6.45, 7) is 11.6. The van der Waals surface area contributed by atoms with Crippen molar-refractivity contribution >= 4 is 39.1 Å². The highest BCUT2D eigenvalue weighted by Gasteiger charge is 2.54. The summed E-state index contributed by atoms with van der Waals surface area (Å²) >= 11 is 3.14. The first-order chi connectivity index (χ1) is 16.4. The fraction of sp³-hybridized carbons (Fsp3) is 0.600. The molecule has 1 aliphatic heterocycles. The molecule has 2 N–H and O–H groups in total. The van der Waals surface area contributed by atoms with Gasteiger partial charge >= 0.3 is 0 Å². The van der Waals surface area contributed by atoms with Gasteiger partial charge < -0.3 is 19.9 Å². The van der Waals surface area contributed by atoms with E-state index in [0.717, 1.165) is 44.4 Å². The van der Waals surface area contributed by atoms with Gasteiger partial charge in [0.1, 0.15) is 22.4 Å². The van der Waals surface area contributed by atoms with Crippen LogP contribution in [0.25, 0.3) is 20.8 Å².